The van der Waals surface area contributed by atoms with Crippen LogP contribution < -0.4 is 15.6 Å². The largest absolute Gasteiger partial charge is 0.484 e. The Morgan fingerprint density at radius 1 is 1.11 bits per heavy atom. The Morgan fingerprint density at radius 2 is 1.70 bits per heavy atom. The number of carboxylic acids is 1. The summed E-state index contributed by atoms with van der Waals surface area (Å²) in [6.07, 6.45) is 2.48. The Bertz CT molecular complexity index is 758. The van der Waals surface area contributed by atoms with Gasteiger partial charge in [-0.1, -0.05) is 11.6 Å². The number of fused-ring (bicyclic) bond motifs is 2. The van der Waals surface area contributed by atoms with E-state index in [1.165, 1.54) is 0 Å². The van der Waals surface area contributed by atoms with Gasteiger partial charge in [0.1, 0.15) is 5.75 Å². The van der Waals surface area contributed by atoms with Gasteiger partial charge in [0.05, 0.1) is 11.8 Å². The van der Waals surface area contributed by atoms with Crippen LogP contribution in [0, 0.1) is 37.5 Å². The van der Waals surface area contributed by atoms with Crippen LogP contribution in [0.3, 0.4) is 0 Å². The van der Waals surface area contributed by atoms with Crippen molar-refractivity contribution in [2.75, 3.05) is 6.61 Å². The number of carboxylic acid groups (broad SMARTS) is 1. The molecule has 2 bridgehead atoms. The molecule has 8 heteroatoms. The Labute approximate surface area is 162 Å². The molecule has 27 heavy (non-hydrogen) atoms. The molecule has 2 aliphatic rings. The van der Waals surface area contributed by atoms with Gasteiger partial charge in [0.2, 0.25) is 5.91 Å². The zero-order valence-corrected chi connectivity index (χ0v) is 16.0. The minimum absolute atomic E-state index is 0.0543. The van der Waals surface area contributed by atoms with E-state index in [1.807, 2.05) is 13.8 Å². The molecular weight excluding hydrogens is 372 g/mol. The minimum Gasteiger partial charge on any atom is -0.484 e. The molecule has 1 aromatic carbocycles. The molecule has 7 nitrogen and oxygen atoms in total. The third kappa shape index (κ3) is 4.03. The quantitative estimate of drug-likeness (QED) is 0.664. The second kappa shape index (κ2) is 7.76. The highest BCUT2D eigenvalue weighted by atomic mass is 35.5. The van der Waals surface area contributed by atoms with Gasteiger partial charge in [-0.25, -0.2) is 0 Å². The van der Waals surface area contributed by atoms with E-state index < -0.39 is 29.6 Å². The van der Waals surface area contributed by atoms with Crippen molar-refractivity contribution in [3.05, 3.63) is 28.3 Å². The summed E-state index contributed by atoms with van der Waals surface area (Å²) in [6.45, 7) is 3.41. The van der Waals surface area contributed by atoms with Crippen molar-refractivity contribution in [1.82, 2.24) is 10.9 Å². The van der Waals surface area contributed by atoms with Gasteiger partial charge >= 0.3 is 5.97 Å². The number of nitrogens with one attached hydrogen (secondary N) is 2. The summed E-state index contributed by atoms with van der Waals surface area (Å²) in [7, 11) is 0. The average Bonchev–Trinajstić information content (AvgIpc) is 3.23. The maximum absolute atomic E-state index is 12.4. The van der Waals surface area contributed by atoms with Crippen molar-refractivity contribution < 1.29 is 24.2 Å². The summed E-state index contributed by atoms with van der Waals surface area (Å²) < 4.78 is 5.43. The number of benzene rings is 1. The van der Waals surface area contributed by atoms with Gasteiger partial charge in [-0.05, 0) is 68.2 Å². The summed E-state index contributed by atoms with van der Waals surface area (Å²) in [4.78, 5) is 35.9. The molecule has 1 aromatic rings. The summed E-state index contributed by atoms with van der Waals surface area (Å²) in [5, 5.41) is 10.1. The predicted molar refractivity (Wildman–Crippen MR) is 98.2 cm³/mol. The van der Waals surface area contributed by atoms with E-state index in [-0.39, 0.29) is 18.4 Å². The van der Waals surface area contributed by atoms with Crippen LogP contribution >= 0.6 is 11.6 Å². The van der Waals surface area contributed by atoms with Crippen LogP contribution in [0.2, 0.25) is 5.02 Å². The second-order valence-corrected chi connectivity index (χ2v) is 7.80. The second-order valence-electron chi connectivity index (χ2n) is 7.42. The molecule has 3 rings (SSSR count). The molecule has 2 saturated carbocycles. The first-order valence-corrected chi connectivity index (χ1v) is 9.36. The van der Waals surface area contributed by atoms with Crippen LogP contribution in [0.25, 0.3) is 0 Å². The van der Waals surface area contributed by atoms with Gasteiger partial charge in [-0.2, -0.15) is 0 Å². The summed E-state index contributed by atoms with van der Waals surface area (Å²) in [5.74, 6) is -2.53. The van der Waals surface area contributed by atoms with Crippen molar-refractivity contribution in [3.63, 3.8) is 0 Å². The third-order valence-corrected chi connectivity index (χ3v) is 6.21. The molecule has 2 aliphatic carbocycles. The molecule has 0 aromatic heterocycles. The summed E-state index contributed by atoms with van der Waals surface area (Å²) >= 11 is 6.10. The van der Waals surface area contributed by atoms with Crippen LogP contribution in [0.5, 0.6) is 5.75 Å². The monoisotopic (exact) mass is 394 g/mol. The molecule has 0 aliphatic heterocycles. The molecule has 0 radical (unpaired) electrons. The fourth-order valence-electron chi connectivity index (χ4n) is 4.41. The fraction of sp³-hybridized carbons (Fsp3) is 0.526. The van der Waals surface area contributed by atoms with Crippen LogP contribution in [-0.2, 0) is 14.4 Å². The first-order valence-electron chi connectivity index (χ1n) is 8.99. The maximum atomic E-state index is 12.4. The molecule has 146 valence electrons. The first-order chi connectivity index (χ1) is 12.8. The lowest BCUT2D eigenvalue weighted by Gasteiger charge is -2.26. The number of hydrazine groups is 1. The van der Waals surface area contributed by atoms with E-state index in [0.717, 1.165) is 30.4 Å². The normalized spacial score (nSPS) is 25.9. The van der Waals surface area contributed by atoms with Crippen LogP contribution in [0.15, 0.2) is 12.1 Å². The molecule has 0 heterocycles. The topological polar surface area (TPSA) is 105 Å². The number of ether oxygens (including phenoxy) is 1. The number of amides is 2. The molecule has 0 unspecified atom stereocenters. The smallest absolute Gasteiger partial charge is 0.307 e. The molecule has 4 atom stereocenters. The lowest BCUT2D eigenvalue weighted by molar-refractivity contribution is -0.150. The fourth-order valence-corrected chi connectivity index (χ4v) is 4.52. The maximum Gasteiger partial charge on any atom is 0.307 e. The Balaban J connectivity index is 1.50. The highest BCUT2D eigenvalue weighted by molar-refractivity contribution is 6.32. The molecule has 0 saturated heterocycles. The number of rotatable bonds is 5. The van der Waals surface area contributed by atoms with Gasteiger partial charge in [-0.3, -0.25) is 25.2 Å². The molecule has 2 fully saturated rings. The number of carbonyl (C=O) groups is 3. The number of hydrogen-bond donors (Lipinski definition) is 3. The Morgan fingerprint density at radius 3 is 2.30 bits per heavy atom. The average molecular weight is 395 g/mol. The number of hydrogen-bond acceptors (Lipinski definition) is 4. The first kappa shape index (κ1) is 19.5. The highest BCUT2D eigenvalue weighted by Gasteiger charge is 2.54. The standard InChI is InChI=1S/C19H23ClN2O5/c1-9-5-13(6-10(2)17(9)20)27-8-14(23)21-22-18(24)15-11-3-4-12(7-11)16(15)19(25)26/h5-6,11-12,15-16H,3-4,7-8H2,1-2H3,(H,21,23)(H,22,24)(H,25,26)/t11-,12-,15-,16-/m0/s1. The van der Waals surface area contributed by atoms with E-state index in [2.05, 4.69) is 10.9 Å². The molecular formula is C19H23ClN2O5. The van der Waals surface area contributed by atoms with Gasteiger partial charge in [-0.15, -0.1) is 0 Å². The van der Waals surface area contributed by atoms with Gasteiger partial charge < -0.3 is 9.84 Å². The number of aryl methyl sites for hydroxylation is 2. The Hall–Kier alpha value is -2.28. The number of halogens is 1. The number of carbonyl (C=O) groups excluding carboxylic acids is 2. The van der Waals surface area contributed by atoms with Crippen LogP contribution in [0.4, 0.5) is 0 Å². The lowest BCUT2D eigenvalue weighted by Crippen LogP contribution is -2.49. The van der Waals surface area contributed by atoms with Crippen molar-refractivity contribution >= 4 is 29.4 Å². The zero-order chi connectivity index (χ0) is 19.7. The lowest BCUT2D eigenvalue weighted by atomic mass is 9.79. The van der Waals surface area contributed by atoms with E-state index in [1.54, 1.807) is 12.1 Å². The van der Waals surface area contributed by atoms with Gasteiger partial charge in [0, 0.05) is 5.02 Å². The van der Waals surface area contributed by atoms with E-state index in [0.29, 0.717) is 10.8 Å². The van der Waals surface area contributed by atoms with E-state index in [4.69, 9.17) is 16.3 Å². The Kier molecular flexibility index (Phi) is 5.60. The van der Waals surface area contributed by atoms with Crippen LogP contribution in [0.1, 0.15) is 30.4 Å². The van der Waals surface area contributed by atoms with Crippen molar-refractivity contribution in [2.45, 2.75) is 33.1 Å². The third-order valence-electron chi connectivity index (χ3n) is 5.61. The molecule has 2 amide bonds. The van der Waals surface area contributed by atoms with Crippen molar-refractivity contribution in [2.24, 2.45) is 23.7 Å². The van der Waals surface area contributed by atoms with Gasteiger partial charge in [0.25, 0.3) is 5.91 Å². The van der Waals surface area contributed by atoms with Gasteiger partial charge in [0.15, 0.2) is 6.61 Å². The zero-order valence-electron chi connectivity index (χ0n) is 15.3. The summed E-state index contributed by atoms with van der Waals surface area (Å²) in [5.41, 5.74) is 6.35. The summed E-state index contributed by atoms with van der Waals surface area (Å²) in [6, 6.07) is 3.46. The minimum atomic E-state index is -0.939. The SMILES string of the molecule is Cc1cc(OCC(=O)NNC(=O)[C@H]2[C@H]3CC[C@@H](C3)[C@@H]2C(=O)O)cc(C)c1Cl. The molecule has 0 spiro atoms. The predicted octanol–water partition coefficient (Wildman–Crippen LogP) is 2.23. The van der Waals surface area contributed by atoms with Crippen LogP contribution in [-0.4, -0.2) is 29.5 Å². The van der Waals surface area contributed by atoms with Crippen molar-refractivity contribution in [1.29, 1.82) is 0 Å². The van der Waals surface area contributed by atoms with Crippen molar-refractivity contribution in [3.8, 4) is 5.75 Å². The highest BCUT2D eigenvalue weighted by Crippen LogP contribution is 2.52. The number of aliphatic carboxylic acids is 1. The molecule has 3 N–H and O–H groups in total. The van der Waals surface area contributed by atoms with E-state index in [9.17, 15) is 19.5 Å². The van der Waals surface area contributed by atoms with E-state index >= 15 is 0 Å².